The predicted molar refractivity (Wildman–Crippen MR) is 101 cm³/mol. The third-order valence-electron chi connectivity index (χ3n) is 3.62. The van der Waals surface area contributed by atoms with Crippen molar-refractivity contribution in [3.63, 3.8) is 0 Å². The van der Waals surface area contributed by atoms with Gasteiger partial charge in [0.25, 0.3) is 11.8 Å². The lowest BCUT2D eigenvalue weighted by Crippen LogP contribution is -2.32. The number of carbonyl (C=O) groups excluding carboxylic acids is 2. The lowest BCUT2D eigenvalue weighted by atomic mass is 10.1. The molecular formula is C18H13Cl3N2O2. The van der Waals surface area contributed by atoms with Gasteiger partial charge in [-0.15, -0.1) is 0 Å². The van der Waals surface area contributed by atoms with E-state index in [4.69, 9.17) is 34.8 Å². The summed E-state index contributed by atoms with van der Waals surface area (Å²) in [6.07, 6.45) is 0. The maximum absolute atomic E-state index is 12.8. The highest BCUT2D eigenvalue weighted by Crippen LogP contribution is 2.32. The van der Waals surface area contributed by atoms with E-state index in [1.165, 1.54) is 0 Å². The van der Waals surface area contributed by atoms with Gasteiger partial charge in [-0.3, -0.25) is 9.59 Å². The fraction of sp³-hybridized carbons (Fsp3) is 0.111. The zero-order valence-corrected chi connectivity index (χ0v) is 15.6. The first-order valence-electron chi connectivity index (χ1n) is 7.36. The van der Waals surface area contributed by atoms with Crippen LogP contribution in [0.2, 0.25) is 10.0 Å². The van der Waals surface area contributed by atoms with Crippen molar-refractivity contribution in [3.8, 4) is 0 Å². The molecule has 0 saturated heterocycles. The number of aryl methyl sites for hydroxylation is 2. The largest absolute Gasteiger partial charge is 0.350 e. The number of nitrogens with zero attached hydrogens (tertiary/aromatic N) is 1. The molecule has 1 aliphatic heterocycles. The lowest BCUT2D eigenvalue weighted by molar-refractivity contribution is -0.120. The van der Waals surface area contributed by atoms with Crippen LogP contribution in [0, 0.1) is 13.8 Å². The summed E-state index contributed by atoms with van der Waals surface area (Å²) >= 11 is 18.0. The lowest BCUT2D eigenvalue weighted by Gasteiger charge is -2.16. The van der Waals surface area contributed by atoms with Gasteiger partial charge in [-0.05, 0) is 55.3 Å². The van der Waals surface area contributed by atoms with Crippen molar-refractivity contribution in [2.24, 2.45) is 0 Å². The van der Waals surface area contributed by atoms with Gasteiger partial charge in [0.05, 0.1) is 5.69 Å². The first-order chi connectivity index (χ1) is 11.8. The number of rotatable bonds is 3. The molecule has 0 saturated carbocycles. The molecule has 1 aliphatic rings. The number of nitrogens with one attached hydrogen (secondary N) is 1. The van der Waals surface area contributed by atoms with Gasteiger partial charge in [-0.2, -0.15) is 0 Å². The van der Waals surface area contributed by atoms with Gasteiger partial charge < -0.3 is 5.32 Å². The molecule has 1 heterocycles. The third kappa shape index (κ3) is 3.52. The number of hydrogen-bond donors (Lipinski definition) is 1. The number of halogens is 3. The molecule has 0 radical (unpaired) electrons. The Morgan fingerprint density at radius 2 is 1.36 bits per heavy atom. The SMILES string of the molecule is Cc1cc(C)cc(N2C(=O)C(Cl)=C(Nc3cc(Cl)cc(Cl)c3)C2=O)c1. The standard InChI is InChI=1S/C18H13Cl3N2O2/c1-9-3-10(2)5-14(4-9)23-17(24)15(21)16(18(23)25)22-13-7-11(19)6-12(20)8-13/h3-8,22H,1-2H3. The summed E-state index contributed by atoms with van der Waals surface area (Å²) in [6, 6.07) is 10.2. The van der Waals surface area contributed by atoms with Gasteiger partial charge in [-0.1, -0.05) is 40.9 Å². The van der Waals surface area contributed by atoms with Gasteiger partial charge in [0.2, 0.25) is 0 Å². The van der Waals surface area contributed by atoms with Crippen molar-refractivity contribution in [2.45, 2.75) is 13.8 Å². The zero-order valence-electron chi connectivity index (χ0n) is 13.4. The van der Waals surface area contributed by atoms with Crippen molar-refractivity contribution in [2.75, 3.05) is 10.2 Å². The van der Waals surface area contributed by atoms with Gasteiger partial charge in [0.15, 0.2) is 0 Å². The minimum atomic E-state index is -0.577. The summed E-state index contributed by atoms with van der Waals surface area (Å²) in [5.41, 5.74) is 2.81. The summed E-state index contributed by atoms with van der Waals surface area (Å²) in [5.74, 6) is -1.11. The monoisotopic (exact) mass is 394 g/mol. The van der Waals surface area contributed by atoms with E-state index in [1.807, 2.05) is 19.9 Å². The summed E-state index contributed by atoms with van der Waals surface area (Å²) in [7, 11) is 0. The van der Waals surface area contributed by atoms with Crippen molar-refractivity contribution >= 4 is 58.0 Å². The highest BCUT2D eigenvalue weighted by Gasteiger charge is 2.39. The third-order valence-corrected chi connectivity index (χ3v) is 4.41. The molecule has 2 aromatic rings. The summed E-state index contributed by atoms with van der Waals surface area (Å²) in [6.45, 7) is 3.79. The van der Waals surface area contributed by atoms with Crippen LogP contribution in [-0.2, 0) is 9.59 Å². The quantitative estimate of drug-likeness (QED) is 0.740. The molecule has 0 aromatic heterocycles. The van der Waals surface area contributed by atoms with Crippen molar-refractivity contribution in [3.05, 3.63) is 68.3 Å². The Balaban J connectivity index is 1.96. The zero-order chi connectivity index (χ0) is 18.3. The molecule has 128 valence electrons. The van der Waals surface area contributed by atoms with Crippen LogP contribution in [0.5, 0.6) is 0 Å². The molecule has 2 aromatic carbocycles. The van der Waals surface area contributed by atoms with E-state index in [0.717, 1.165) is 16.0 Å². The minimum Gasteiger partial charge on any atom is -0.350 e. The highest BCUT2D eigenvalue weighted by molar-refractivity contribution is 6.53. The van der Waals surface area contributed by atoms with E-state index in [1.54, 1.807) is 30.3 Å². The Morgan fingerprint density at radius 3 is 1.92 bits per heavy atom. The normalized spacial score (nSPS) is 14.5. The second-order valence-electron chi connectivity index (χ2n) is 5.76. The van der Waals surface area contributed by atoms with Crippen molar-refractivity contribution in [1.82, 2.24) is 0 Å². The maximum Gasteiger partial charge on any atom is 0.283 e. The van der Waals surface area contributed by atoms with Crippen LogP contribution >= 0.6 is 34.8 Å². The smallest absolute Gasteiger partial charge is 0.283 e. The summed E-state index contributed by atoms with van der Waals surface area (Å²) in [4.78, 5) is 26.3. The van der Waals surface area contributed by atoms with Crippen LogP contribution in [0.1, 0.15) is 11.1 Å². The van der Waals surface area contributed by atoms with Crippen LogP contribution in [0.3, 0.4) is 0 Å². The van der Waals surface area contributed by atoms with E-state index in [0.29, 0.717) is 21.4 Å². The predicted octanol–water partition coefficient (Wildman–Crippen LogP) is 5.05. The van der Waals surface area contributed by atoms with Crippen molar-refractivity contribution < 1.29 is 9.59 Å². The fourth-order valence-electron chi connectivity index (χ4n) is 2.70. The maximum atomic E-state index is 12.8. The van der Waals surface area contributed by atoms with E-state index >= 15 is 0 Å². The number of benzene rings is 2. The van der Waals surface area contributed by atoms with Crippen LogP contribution in [0.15, 0.2) is 47.1 Å². The summed E-state index contributed by atoms with van der Waals surface area (Å²) in [5, 5.41) is 3.46. The number of amides is 2. The molecule has 0 aliphatic carbocycles. The first-order valence-corrected chi connectivity index (χ1v) is 8.49. The molecule has 7 heteroatoms. The molecule has 3 rings (SSSR count). The molecular weight excluding hydrogens is 383 g/mol. The second-order valence-corrected chi connectivity index (χ2v) is 7.01. The Hall–Kier alpha value is -2.01. The Bertz CT molecular complexity index is 897. The molecule has 1 N–H and O–H groups in total. The Labute approximate surface area is 160 Å². The molecule has 0 bridgehead atoms. The number of hydrogen-bond acceptors (Lipinski definition) is 3. The van der Waals surface area contributed by atoms with Gasteiger partial charge in [-0.25, -0.2) is 4.90 Å². The van der Waals surface area contributed by atoms with E-state index < -0.39 is 11.8 Å². The minimum absolute atomic E-state index is 0.0100. The fourth-order valence-corrected chi connectivity index (χ4v) is 3.43. The topological polar surface area (TPSA) is 49.4 Å². The van der Waals surface area contributed by atoms with Gasteiger partial charge in [0, 0.05) is 15.7 Å². The highest BCUT2D eigenvalue weighted by atomic mass is 35.5. The van der Waals surface area contributed by atoms with E-state index in [-0.39, 0.29) is 10.7 Å². The van der Waals surface area contributed by atoms with Crippen LogP contribution < -0.4 is 10.2 Å². The number of carbonyl (C=O) groups is 2. The van der Waals surface area contributed by atoms with Crippen LogP contribution in [-0.4, -0.2) is 11.8 Å². The number of anilines is 2. The first kappa shape index (κ1) is 17.8. The van der Waals surface area contributed by atoms with Crippen LogP contribution in [0.4, 0.5) is 11.4 Å². The van der Waals surface area contributed by atoms with E-state index in [9.17, 15) is 9.59 Å². The summed E-state index contributed by atoms with van der Waals surface area (Å²) < 4.78 is 0. The average Bonchev–Trinajstić information content (AvgIpc) is 2.69. The molecule has 25 heavy (non-hydrogen) atoms. The molecule has 0 fully saturated rings. The second kappa shape index (κ2) is 6.71. The molecule has 4 nitrogen and oxygen atoms in total. The Morgan fingerprint density at radius 1 is 0.800 bits per heavy atom. The van der Waals surface area contributed by atoms with Gasteiger partial charge >= 0.3 is 0 Å². The van der Waals surface area contributed by atoms with Crippen LogP contribution in [0.25, 0.3) is 0 Å². The van der Waals surface area contributed by atoms with Gasteiger partial charge in [0.1, 0.15) is 10.7 Å². The Kier molecular flexibility index (Phi) is 4.78. The number of imide groups is 1. The van der Waals surface area contributed by atoms with E-state index in [2.05, 4.69) is 5.32 Å². The van der Waals surface area contributed by atoms with Crippen molar-refractivity contribution in [1.29, 1.82) is 0 Å². The molecule has 0 spiro atoms. The molecule has 0 unspecified atom stereocenters. The average molecular weight is 396 g/mol. The molecule has 0 atom stereocenters. The molecule has 2 amide bonds.